The fourth-order valence-electron chi connectivity index (χ4n) is 1.62. The van der Waals surface area contributed by atoms with Gasteiger partial charge in [0, 0.05) is 0 Å². The number of amides is 1. The number of thioether (sulfide) groups is 1. The van der Waals surface area contributed by atoms with E-state index in [-0.39, 0.29) is 22.2 Å². The quantitative estimate of drug-likeness (QED) is 0.436. The van der Waals surface area contributed by atoms with E-state index in [1.165, 1.54) is 36.1 Å². The van der Waals surface area contributed by atoms with Gasteiger partial charge in [0.05, 0.1) is 23.3 Å². The highest BCUT2D eigenvalue weighted by Crippen LogP contribution is 2.39. The fraction of sp³-hybridized carbons (Fsp3) is 0.444. The molecule has 0 aromatic rings. The summed E-state index contributed by atoms with van der Waals surface area (Å²) in [7, 11) is 1.42. The topological polar surface area (TPSA) is 79.2 Å². The predicted molar refractivity (Wildman–Crippen MR) is 57.8 cm³/mol. The molecule has 2 atom stereocenters. The molecule has 1 saturated heterocycles. The standard InChI is InChI=1S/C9H10N2O4S/c1-15-10-4-5-2-6(9(13)14)11-7(12)3-8(11)16-5/h2,4-5,8H,3H2,1H3,(H,13,14)/t5?,8-/m1/s1. The van der Waals surface area contributed by atoms with E-state index in [1.54, 1.807) is 0 Å². The number of β-lactam (4-membered cyclic amide) rings is 1. The minimum absolute atomic E-state index is 0.0348. The van der Waals surface area contributed by atoms with E-state index in [9.17, 15) is 9.59 Å². The molecule has 2 aliphatic rings. The van der Waals surface area contributed by atoms with E-state index in [0.29, 0.717) is 6.42 Å². The second-order valence-electron chi connectivity index (χ2n) is 3.32. The van der Waals surface area contributed by atoms with Gasteiger partial charge < -0.3 is 9.94 Å². The molecule has 1 amide bonds. The largest absolute Gasteiger partial charge is 0.477 e. The highest BCUT2D eigenvalue weighted by molar-refractivity contribution is 8.01. The van der Waals surface area contributed by atoms with Gasteiger partial charge in [-0.05, 0) is 6.08 Å². The summed E-state index contributed by atoms with van der Waals surface area (Å²) in [6, 6.07) is 0. The summed E-state index contributed by atoms with van der Waals surface area (Å²) in [5.41, 5.74) is 0.0348. The molecule has 0 radical (unpaired) electrons. The molecule has 6 nitrogen and oxygen atoms in total. The van der Waals surface area contributed by atoms with Gasteiger partial charge in [0.25, 0.3) is 0 Å². The van der Waals surface area contributed by atoms with Crippen LogP contribution in [0.5, 0.6) is 0 Å². The van der Waals surface area contributed by atoms with Crippen LogP contribution in [0, 0.1) is 0 Å². The molecule has 0 bridgehead atoms. The lowest BCUT2D eigenvalue weighted by atomic mass is 10.1. The molecule has 1 N–H and O–H groups in total. The van der Waals surface area contributed by atoms with E-state index in [1.807, 2.05) is 0 Å². The molecule has 0 aromatic carbocycles. The van der Waals surface area contributed by atoms with Crippen LogP contribution in [-0.4, -0.2) is 45.8 Å². The Bertz CT molecular complexity index is 393. The molecule has 7 heteroatoms. The first kappa shape index (κ1) is 11.0. The second-order valence-corrected chi connectivity index (χ2v) is 4.68. The number of rotatable bonds is 3. The van der Waals surface area contributed by atoms with Crippen LogP contribution in [-0.2, 0) is 14.4 Å². The lowest BCUT2D eigenvalue weighted by Gasteiger charge is -2.43. The summed E-state index contributed by atoms with van der Waals surface area (Å²) in [6.45, 7) is 0. The summed E-state index contributed by atoms with van der Waals surface area (Å²) in [5.74, 6) is -1.23. The molecule has 0 saturated carbocycles. The Hall–Kier alpha value is -1.50. The SMILES string of the molecule is CON=CC1C=C(C(=O)O)N2C(=O)C[C@H]2S1. The molecule has 0 aromatic heterocycles. The molecule has 0 aliphatic carbocycles. The molecule has 2 aliphatic heterocycles. The Morgan fingerprint density at radius 3 is 3.12 bits per heavy atom. The molecule has 16 heavy (non-hydrogen) atoms. The van der Waals surface area contributed by atoms with Gasteiger partial charge in [-0.15, -0.1) is 11.8 Å². The average Bonchev–Trinajstić information content (AvgIpc) is 2.23. The number of fused-ring (bicyclic) bond motifs is 1. The minimum atomic E-state index is -1.09. The Morgan fingerprint density at radius 1 is 1.81 bits per heavy atom. The van der Waals surface area contributed by atoms with Crippen molar-refractivity contribution in [1.82, 2.24) is 4.90 Å². The molecule has 1 fully saturated rings. The van der Waals surface area contributed by atoms with Gasteiger partial charge in [-0.3, -0.25) is 9.69 Å². The maximum Gasteiger partial charge on any atom is 0.352 e. The maximum absolute atomic E-state index is 11.3. The Balaban J connectivity index is 2.22. The van der Waals surface area contributed by atoms with E-state index in [0.717, 1.165) is 0 Å². The summed E-state index contributed by atoms with van der Waals surface area (Å²) < 4.78 is 0. The van der Waals surface area contributed by atoms with Crippen LogP contribution in [0.4, 0.5) is 0 Å². The Morgan fingerprint density at radius 2 is 2.56 bits per heavy atom. The number of aliphatic carboxylic acids is 1. The molecular weight excluding hydrogens is 232 g/mol. The third-order valence-corrected chi connectivity index (χ3v) is 3.60. The number of nitrogens with zero attached hydrogens (tertiary/aromatic N) is 2. The van der Waals surface area contributed by atoms with Crippen molar-refractivity contribution < 1.29 is 19.5 Å². The van der Waals surface area contributed by atoms with Crippen LogP contribution >= 0.6 is 11.8 Å². The van der Waals surface area contributed by atoms with Gasteiger partial charge in [-0.25, -0.2) is 4.79 Å². The Kier molecular flexibility index (Phi) is 2.86. The van der Waals surface area contributed by atoms with Gasteiger partial charge in [0.1, 0.15) is 12.8 Å². The van der Waals surface area contributed by atoms with Gasteiger partial charge in [0.2, 0.25) is 5.91 Å². The number of carboxylic acid groups (broad SMARTS) is 1. The first-order valence-corrected chi connectivity index (χ1v) is 5.57. The van der Waals surface area contributed by atoms with Gasteiger partial charge in [-0.2, -0.15) is 0 Å². The number of oxime groups is 1. The summed E-state index contributed by atoms with van der Waals surface area (Å²) in [4.78, 5) is 28.1. The van der Waals surface area contributed by atoms with Crippen LogP contribution in [0.2, 0.25) is 0 Å². The first-order valence-electron chi connectivity index (χ1n) is 4.62. The van der Waals surface area contributed by atoms with Crippen LogP contribution in [0.25, 0.3) is 0 Å². The van der Waals surface area contributed by atoms with Gasteiger partial charge in [0.15, 0.2) is 0 Å². The zero-order valence-electron chi connectivity index (χ0n) is 8.49. The highest BCUT2D eigenvalue weighted by Gasteiger charge is 2.45. The van der Waals surface area contributed by atoms with Gasteiger partial charge >= 0.3 is 5.97 Å². The van der Waals surface area contributed by atoms with Crippen LogP contribution in [0.3, 0.4) is 0 Å². The number of carboxylic acids is 1. The Labute approximate surface area is 95.9 Å². The van der Waals surface area contributed by atoms with E-state index >= 15 is 0 Å². The zero-order chi connectivity index (χ0) is 11.7. The van der Waals surface area contributed by atoms with Crippen LogP contribution < -0.4 is 0 Å². The fourth-order valence-corrected chi connectivity index (χ4v) is 2.90. The number of carbonyl (C=O) groups is 2. The van der Waals surface area contributed by atoms with Crippen molar-refractivity contribution in [2.24, 2.45) is 5.16 Å². The summed E-state index contributed by atoms with van der Waals surface area (Å²) in [6.07, 6.45) is 3.41. The maximum atomic E-state index is 11.3. The number of hydrogen-bond acceptors (Lipinski definition) is 5. The molecular formula is C9H10N2O4S. The monoisotopic (exact) mass is 242 g/mol. The third-order valence-electron chi connectivity index (χ3n) is 2.33. The van der Waals surface area contributed by atoms with Crippen molar-refractivity contribution in [2.75, 3.05) is 7.11 Å². The molecule has 0 spiro atoms. The van der Waals surface area contributed by atoms with Crippen molar-refractivity contribution in [2.45, 2.75) is 17.0 Å². The predicted octanol–water partition coefficient (Wildman–Crippen LogP) is 0.261. The normalized spacial score (nSPS) is 28.4. The van der Waals surface area contributed by atoms with Crippen molar-refractivity contribution in [3.8, 4) is 0 Å². The van der Waals surface area contributed by atoms with Gasteiger partial charge in [-0.1, -0.05) is 5.16 Å². The zero-order valence-corrected chi connectivity index (χ0v) is 9.31. The lowest BCUT2D eigenvalue weighted by molar-refractivity contribution is -0.146. The number of hydrogen-bond donors (Lipinski definition) is 1. The molecule has 2 heterocycles. The molecule has 86 valence electrons. The minimum Gasteiger partial charge on any atom is -0.477 e. The summed E-state index contributed by atoms with van der Waals surface area (Å²) in [5, 5.41) is 12.3. The lowest BCUT2D eigenvalue weighted by Crippen LogP contribution is -2.54. The van der Waals surface area contributed by atoms with E-state index in [4.69, 9.17) is 5.11 Å². The molecule has 2 rings (SSSR count). The van der Waals surface area contributed by atoms with Crippen molar-refractivity contribution >= 4 is 29.9 Å². The molecule has 1 unspecified atom stereocenters. The second kappa shape index (κ2) is 4.17. The van der Waals surface area contributed by atoms with E-state index < -0.39 is 5.97 Å². The smallest absolute Gasteiger partial charge is 0.352 e. The van der Waals surface area contributed by atoms with Crippen LogP contribution in [0.15, 0.2) is 16.9 Å². The van der Waals surface area contributed by atoms with Crippen molar-refractivity contribution in [1.29, 1.82) is 0 Å². The first-order chi connectivity index (χ1) is 7.63. The van der Waals surface area contributed by atoms with Crippen molar-refractivity contribution in [3.05, 3.63) is 11.8 Å². The van der Waals surface area contributed by atoms with E-state index in [2.05, 4.69) is 9.99 Å². The number of carbonyl (C=O) groups excluding carboxylic acids is 1. The third kappa shape index (κ3) is 1.78. The van der Waals surface area contributed by atoms with Crippen LogP contribution in [0.1, 0.15) is 6.42 Å². The average molecular weight is 242 g/mol. The highest BCUT2D eigenvalue weighted by atomic mass is 32.2. The summed E-state index contributed by atoms with van der Waals surface area (Å²) >= 11 is 1.48. The van der Waals surface area contributed by atoms with Crippen molar-refractivity contribution in [3.63, 3.8) is 0 Å².